The molecule has 1 amide bonds. The summed E-state index contributed by atoms with van der Waals surface area (Å²) < 4.78 is 0.984. The Bertz CT molecular complexity index is 421. The largest absolute Gasteiger partial charge is 0.373 e. The molecule has 0 spiro atoms. The predicted octanol–water partition coefficient (Wildman–Crippen LogP) is 3.86. The minimum absolute atomic E-state index is 0.0450. The average molecular weight is 327 g/mol. The fourth-order valence-corrected chi connectivity index (χ4v) is 2.38. The number of unbranched alkanes of at least 4 members (excludes halogenated alkanes) is 2. The van der Waals surface area contributed by atoms with Crippen LogP contribution in [0.4, 0.5) is 5.69 Å². The maximum atomic E-state index is 11.9. The predicted molar refractivity (Wildman–Crippen MR) is 84.5 cm³/mol. The van der Waals surface area contributed by atoms with Gasteiger partial charge < -0.3 is 10.6 Å². The van der Waals surface area contributed by atoms with Gasteiger partial charge in [-0.25, -0.2) is 0 Å². The molecule has 106 valence electrons. The van der Waals surface area contributed by atoms with Gasteiger partial charge in [-0.05, 0) is 53.9 Å². The molecule has 0 radical (unpaired) electrons. The number of hydrogen-bond acceptors (Lipinski definition) is 2. The molecule has 0 aliphatic rings. The molecule has 2 N–H and O–H groups in total. The molecule has 3 nitrogen and oxygen atoms in total. The molecule has 0 aliphatic heterocycles. The van der Waals surface area contributed by atoms with Crippen LogP contribution >= 0.6 is 15.9 Å². The summed E-state index contributed by atoms with van der Waals surface area (Å²) in [6.07, 6.45) is 3.37. The highest BCUT2D eigenvalue weighted by atomic mass is 79.9. The molecule has 0 saturated carbocycles. The Hall–Kier alpha value is -1.03. The lowest BCUT2D eigenvalue weighted by Gasteiger charge is -2.16. The van der Waals surface area contributed by atoms with Crippen LogP contribution in [0, 0.1) is 6.92 Å². The van der Waals surface area contributed by atoms with Crippen LogP contribution in [0.25, 0.3) is 0 Å². The summed E-state index contributed by atoms with van der Waals surface area (Å²) in [7, 11) is 0. The van der Waals surface area contributed by atoms with Crippen molar-refractivity contribution in [1.82, 2.24) is 5.32 Å². The second-order valence-corrected chi connectivity index (χ2v) is 5.70. The van der Waals surface area contributed by atoms with Crippen LogP contribution in [0.3, 0.4) is 0 Å². The molecule has 1 aromatic carbocycles. The highest BCUT2D eigenvalue weighted by molar-refractivity contribution is 9.10. The Labute approximate surface area is 124 Å². The van der Waals surface area contributed by atoms with E-state index >= 15 is 0 Å². The van der Waals surface area contributed by atoms with Gasteiger partial charge in [0.1, 0.15) is 6.04 Å². The molecule has 1 rings (SSSR count). The maximum absolute atomic E-state index is 11.9. The zero-order chi connectivity index (χ0) is 14.3. The van der Waals surface area contributed by atoms with Crippen LogP contribution in [0.5, 0.6) is 0 Å². The highest BCUT2D eigenvalue weighted by Crippen LogP contribution is 2.23. The molecular weight excluding hydrogens is 304 g/mol. The van der Waals surface area contributed by atoms with Crippen LogP contribution in [-0.4, -0.2) is 18.5 Å². The summed E-state index contributed by atoms with van der Waals surface area (Å²) in [5.41, 5.74) is 2.14. The van der Waals surface area contributed by atoms with Gasteiger partial charge >= 0.3 is 0 Å². The monoisotopic (exact) mass is 326 g/mol. The van der Waals surface area contributed by atoms with Crippen LogP contribution < -0.4 is 10.6 Å². The van der Waals surface area contributed by atoms with E-state index in [0.717, 1.165) is 29.5 Å². The molecule has 0 aliphatic carbocycles. The third-order valence-electron chi connectivity index (χ3n) is 2.97. The molecule has 0 fully saturated rings. The van der Waals surface area contributed by atoms with E-state index in [1.807, 2.05) is 32.0 Å². The second kappa shape index (κ2) is 8.20. The van der Waals surface area contributed by atoms with Crippen molar-refractivity contribution in [2.24, 2.45) is 0 Å². The Morgan fingerprint density at radius 2 is 2.11 bits per heavy atom. The lowest BCUT2D eigenvalue weighted by molar-refractivity contribution is -0.121. The lowest BCUT2D eigenvalue weighted by atomic mass is 10.2. The second-order valence-electron chi connectivity index (χ2n) is 4.85. The maximum Gasteiger partial charge on any atom is 0.242 e. The standard InChI is InChI=1S/C15H23BrN2O/c1-4-5-6-9-17-15(19)12(3)18-14-8-7-11(2)10-13(14)16/h7-8,10,12,18H,4-6,9H2,1-3H3,(H,17,19). The number of carbonyl (C=O) groups is 1. The zero-order valence-corrected chi connectivity index (χ0v) is 13.5. The van der Waals surface area contributed by atoms with E-state index in [4.69, 9.17) is 0 Å². The van der Waals surface area contributed by atoms with Crippen molar-refractivity contribution < 1.29 is 4.79 Å². The van der Waals surface area contributed by atoms with Crippen molar-refractivity contribution in [2.75, 3.05) is 11.9 Å². The van der Waals surface area contributed by atoms with Crippen molar-refractivity contribution in [2.45, 2.75) is 46.1 Å². The van der Waals surface area contributed by atoms with Crippen LogP contribution in [0.2, 0.25) is 0 Å². The Morgan fingerprint density at radius 1 is 1.37 bits per heavy atom. The number of carbonyl (C=O) groups excluding carboxylic acids is 1. The molecule has 0 bridgehead atoms. The van der Waals surface area contributed by atoms with Gasteiger partial charge in [-0.3, -0.25) is 4.79 Å². The average Bonchev–Trinajstić information content (AvgIpc) is 2.37. The van der Waals surface area contributed by atoms with Crippen molar-refractivity contribution in [3.05, 3.63) is 28.2 Å². The first-order valence-corrected chi connectivity index (χ1v) is 7.64. The number of amides is 1. The van der Waals surface area contributed by atoms with Crippen molar-refractivity contribution in [3.63, 3.8) is 0 Å². The van der Waals surface area contributed by atoms with Gasteiger partial charge in [0.2, 0.25) is 5.91 Å². The number of hydrogen-bond donors (Lipinski definition) is 2. The van der Waals surface area contributed by atoms with Gasteiger partial charge in [0.15, 0.2) is 0 Å². The van der Waals surface area contributed by atoms with E-state index < -0.39 is 0 Å². The number of benzene rings is 1. The summed E-state index contributed by atoms with van der Waals surface area (Å²) in [5.74, 6) is 0.0450. The fourth-order valence-electron chi connectivity index (χ4n) is 1.78. The lowest BCUT2D eigenvalue weighted by Crippen LogP contribution is -2.38. The van der Waals surface area contributed by atoms with Crippen LogP contribution in [-0.2, 0) is 4.79 Å². The number of rotatable bonds is 7. The molecule has 0 aromatic heterocycles. The topological polar surface area (TPSA) is 41.1 Å². The molecule has 1 unspecified atom stereocenters. The number of nitrogens with one attached hydrogen (secondary N) is 2. The smallest absolute Gasteiger partial charge is 0.242 e. The summed E-state index contributed by atoms with van der Waals surface area (Å²) in [6.45, 7) is 6.83. The van der Waals surface area contributed by atoms with E-state index in [1.54, 1.807) is 0 Å². The van der Waals surface area contributed by atoms with E-state index in [0.29, 0.717) is 0 Å². The van der Waals surface area contributed by atoms with Gasteiger partial charge in [0.25, 0.3) is 0 Å². The molecular formula is C15H23BrN2O. The van der Waals surface area contributed by atoms with Gasteiger partial charge in [-0.2, -0.15) is 0 Å². The summed E-state index contributed by atoms with van der Waals surface area (Å²) in [6, 6.07) is 5.81. The molecule has 0 heterocycles. The van der Waals surface area contributed by atoms with Crippen LogP contribution in [0.15, 0.2) is 22.7 Å². The van der Waals surface area contributed by atoms with E-state index in [9.17, 15) is 4.79 Å². The molecule has 1 atom stereocenters. The Kier molecular flexibility index (Phi) is 6.92. The number of anilines is 1. The first-order chi connectivity index (χ1) is 9.04. The van der Waals surface area contributed by atoms with E-state index in [1.165, 1.54) is 12.0 Å². The first kappa shape index (κ1) is 16.0. The third-order valence-corrected chi connectivity index (χ3v) is 3.63. The van der Waals surface area contributed by atoms with Gasteiger partial charge in [0.05, 0.1) is 0 Å². The van der Waals surface area contributed by atoms with E-state index in [-0.39, 0.29) is 11.9 Å². The summed E-state index contributed by atoms with van der Waals surface area (Å²) in [5, 5.41) is 6.17. The van der Waals surface area contributed by atoms with E-state index in [2.05, 4.69) is 33.5 Å². The summed E-state index contributed by atoms with van der Waals surface area (Å²) in [4.78, 5) is 11.9. The minimum atomic E-state index is -0.236. The van der Waals surface area contributed by atoms with Gasteiger partial charge in [-0.15, -0.1) is 0 Å². The minimum Gasteiger partial charge on any atom is -0.373 e. The number of aryl methyl sites for hydroxylation is 1. The molecule has 19 heavy (non-hydrogen) atoms. The highest BCUT2D eigenvalue weighted by Gasteiger charge is 2.12. The molecule has 0 saturated heterocycles. The quantitative estimate of drug-likeness (QED) is 0.747. The first-order valence-electron chi connectivity index (χ1n) is 6.85. The van der Waals surface area contributed by atoms with Crippen molar-refractivity contribution in [1.29, 1.82) is 0 Å². The number of halogens is 1. The fraction of sp³-hybridized carbons (Fsp3) is 0.533. The van der Waals surface area contributed by atoms with Crippen molar-refractivity contribution >= 4 is 27.5 Å². The van der Waals surface area contributed by atoms with Gasteiger partial charge in [-0.1, -0.05) is 25.8 Å². The SMILES string of the molecule is CCCCCNC(=O)C(C)Nc1ccc(C)cc1Br. The molecule has 1 aromatic rings. The van der Waals surface area contributed by atoms with Gasteiger partial charge in [0, 0.05) is 16.7 Å². The van der Waals surface area contributed by atoms with Crippen molar-refractivity contribution in [3.8, 4) is 0 Å². The zero-order valence-electron chi connectivity index (χ0n) is 11.9. The summed E-state index contributed by atoms with van der Waals surface area (Å²) >= 11 is 3.50. The normalized spacial score (nSPS) is 12.0. The van der Waals surface area contributed by atoms with Crippen LogP contribution in [0.1, 0.15) is 38.7 Å². The Balaban J connectivity index is 2.45. The Morgan fingerprint density at radius 3 is 2.74 bits per heavy atom. The molecule has 4 heteroatoms. The third kappa shape index (κ3) is 5.64.